The molecular formula is C16H12F3NO. The minimum Gasteiger partial charge on any atom is -0.323 e. The molecule has 1 amide bonds. The van der Waals surface area contributed by atoms with Gasteiger partial charge in [-0.3, -0.25) is 4.79 Å². The lowest BCUT2D eigenvalue weighted by Crippen LogP contribution is -2.28. The third-order valence-corrected chi connectivity index (χ3v) is 3.76. The second-order valence-electron chi connectivity index (χ2n) is 5.17. The zero-order valence-corrected chi connectivity index (χ0v) is 11.0. The summed E-state index contributed by atoms with van der Waals surface area (Å²) in [5.74, 6) is -2.26. The molecule has 2 aromatic rings. The molecule has 0 bridgehead atoms. The van der Waals surface area contributed by atoms with Crippen LogP contribution in [0.15, 0.2) is 42.5 Å². The van der Waals surface area contributed by atoms with Gasteiger partial charge in [0, 0.05) is 6.07 Å². The van der Waals surface area contributed by atoms with Gasteiger partial charge in [0.1, 0.15) is 17.5 Å². The molecule has 108 valence electrons. The summed E-state index contributed by atoms with van der Waals surface area (Å²) in [6.45, 7) is 0. The number of rotatable bonds is 3. The highest BCUT2D eigenvalue weighted by molar-refractivity contribution is 6.01. The van der Waals surface area contributed by atoms with Crippen LogP contribution in [0.1, 0.15) is 18.4 Å². The first-order valence-electron chi connectivity index (χ1n) is 6.54. The summed E-state index contributed by atoms with van der Waals surface area (Å²) in [4.78, 5) is 12.4. The number of carbonyl (C=O) groups excluding carboxylic acids is 1. The molecule has 0 aromatic heterocycles. The fourth-order valence-corrected chi connectivity index (χ4v) is 2.37. The van der Waals surface area contributed by atoms with Gasteiger partial charge in [0.2, 0.25) is 5.91 Å². The molecule has 2 aromatic carbocycles. The Labute approximate surface area is 119 Å². The molecule has 5 heteroatoms. The van der Waals surface area contributed by atoms with Crippen molar-refractivity contribution >= 4 is 11.6 Å². The van der Waals surface area contributed by atoms with Crippen molar-refractivity contribution in [2.24, 2.45) is 0 Å². The van der Waals surface area contributed by atoms with E-state index < -0.39 is 17.0 Å². The lowest BCUT2D eigenvalue weighted by Gasteiger charge is -2.16. The molecule has 1 N–H and O–H groups in total. The van der Waals surface area contributed by atoms with Gasteiger partial charge >= 0.3 is 0 Å². The SMILES string of the molecule is O=C(Nc1ccc(F)cc1F)C1(c2ccc(F)cc2)CC1. The van der Waals surface area contributed by atoms with Crippen molar-refractivity contribution < 1.29 is 18.0 Å². The zero-order chi connectivity index (χ0) is 15.0. The number of halogens is 3. The molecule has 1 aliphatic carbocycles. The number of hydrogen-bond donors (Lipinski definition) is 1. The van der Waals surface area contributed by atoms with Gasteiger partial charge in [-0.05, 0) is 42.7 Å². The van der Waals surface area contributed by atoms with E-state index in [1.165, 1.54) is 18.2 Å². The quantitative estimate of drug-likeness (QED) is 0.916. The maximum Gasteiger partial charge on any atom is 0.235 e. The van der Waals surface area contributed by atoms with Gasteiger partial charge in [-0.25, -0.2) is 13.2 Å². The summed E-state index contributed by atoms with van der Waals surface area (Å²) in [5.41, 5.74) is -0.104. The van der Waals surface area contributed by atoms with E-state index in [0.717, 1.165) is 6.07 Å². The number of hydrogen-bond acceptors (Lipinski definition) is 1. The van der Waals surface area contributed by atoms with Crippen LogP contribution in [-0.2, 0) is 10.2 Å². The summed E-state index contributed by atoms with van der Waals surface area (Å²) in [6.07, 6.45) is 1.24. The van der Waals surface area contributed by atoms with Crippen molar-refractivity contribution in [3.63, 3.8) is 0 Å². The van der Waals surface area contributed by atoms with Gasteiger partial charge in [0.05, 0.1) is 11.1 Å². The standard InChI is InChI=1S/C16H12F3NO/c17-11-3-1-10(2-4-11)16(7-8-16)15(21)20-14-6-5-12(18)9-13(14)19/h1-6,9H,7-8H2,(H,20,21). The Morgan fingerprint density at radius 3 is 2.14 bits per heavy atom. The number of amides is 1. The molecule has 0 atom stereocenters. The molecular weight excluding hydrogens is 279 g/mol. The average molecular weight is 291 g/mol. The van der Waals surface area contributed by atoms with Gasteiger partial charge in [0.15, 0.2) is 0 Å². The van der Waals surface area contributed by atoms with Crippen LogP contribution < -0.4 is 5.32 Å². The van der Waals surface area contributed by atoms with Crippen molar-refractivity contribution in [2.45, 2.75) is 18.3 Å². The fraction of sp³-hybridized carbons (Fsp3) is 0.188. The second kappa shape index (κ2) is 4.91. The Kier molecular flexibility index (Phi) is 3.20. The van der Waals surface area contributed by atoms with Crippen LogP contribution in [0.5, 0.6) is 0 Å². The maximum atomic E-state index is 13.6. The van der Waals surface area contributed by atoms with Gasteiger partial charge in [-0.15, -0.1) is 0 Å². The molecule has 0 heterocycles. The summed E-state index contributed by atoms with van der Waals surface area (Å²) < 4.78 is 39.4. The van der Waals surface area contributed by atoms with Crippen LogP contribution >= 0.6 is 0 Å². The molecule has 0 spiro atoms. The summed E-state index contributed by atoms with van der Waals surface area (Å²) in [6, 6.07) is 8.68. The van der Waals surface area contributed by atoms with E-state index in [2.05, 4.69) is 5.32 Å². The normalized spacial score (nSPS) is 15.6. The van der Waals surface area contributed by atoms with Crippen LogP contribution in [0.4, 0.5) is 18.9 Å². The minimum atomic E-state index is -0.821. The summed E-state index contributed by atoms with van der Waals surface area (Å²) >= 11 is 0. The first-order chi connectivity index (χ1) is 10.0. The number of benzene rings is 2. The lowest BCUT2D eigenvalue weighted by atomic mass is 9.95. The van der Waals surface area contributed by atoms with Crippen LogP contribution in [-0.4, -0.2) is 5.91 Å². The van der Waals surface area contributed by atoms with Crippen molar-refractivity contribution in [2.75, 3.05) is 5.32 Å². The third kappa shape index (κ3) is 2.51. The van der Waals surface area contributed by atoms with E-state index in [-0.39, 0.29) is 17.4 Å². The van der Waals surface area contributed by atoms with Crippen LogP contribution in [0.3, 0.4) is 0 Å². The van der Waals surface area contributed by atoms with Gasteiger partial charge < -0.3 is 5.32 Å². The zero-order valence-electron chi connectivity index (χ0n) is 11.0. The van der Waals surface area contributed by atoms with Gasteiger partial charge in [0.25, 0.3) is 0 Å². The lowest BCUT2D eigenvalue weighted by molar-refractivity contribution is -0.118. The van der Waals surface area contributed by atoms with Gasteiger partial charge in [-0.2, -0.15) is 0 Å². The molecule has 21 heavy (non-hydrogen) atoms. The number of anilines is 1. The highest BCUT2D eigenvalue weighted by Crippen LogP contribution is 2.49. The van der Waals surface area contributed by atoms with Crippen molar-refractivity contribution in [1.29, 1.82) is 0 Å². The van der Waals surface area contributed by atoms with Crippen molar-refractivity contribution in [3.05, 3.63) is 65.5 Å². The molecule has 1 fully saturated rings. The molecule has 3 rings (SSSR count). The predicted molar refractivity (Wildman–Crippen MR) is 72.3 cm³/mol. The van der Waals surface area contributed by atoms with Crippen LogP contribution in [0.2, 0.25) is 0 Å². The van der Waals surface area contributed by atoms with E-state index >= 15 is 0 Å². The third-order valence-electron chi connectivity index (χ3n) is 3.76. The number of carbonyl (C=O) groups is 1. The average Bonchev–Trinajstić information content (AvgIpc) is 3.24. The summed E-state index contributed by atoms with van der Waals surface area (Å²) in [5, 5.41) is 2.48. The highest BCUT2D eigenvalue weighted by Gasteiger charge is 2.51. The Morgan fingerprint density at radius 1 is 0.952 bits per heavy atom. The van der Waals surface area contributed by atoms with Crippen LogP contribution in [0, 0.1) is 17.5 Å². The highest BCUT2D eigenvalue weighted by atomic mass is 19.1. The first-order valence-corrected chi connectivity index (χ1v) is 6.54. The largest absolute Gasteiger partial charge is 0.323 e. The fourth-order valence-electron chi connectivity index (χ4n) is 2.37. The Morgan fingerprint density at radius 2 is 1.57 bits per heavy atom. The van der Waals surface area contributed by atoms with Crippen molar-refractivity contribution in [1.82, 2.24) is 0 Å². The topological polar surface area (TPSA) is 29.1 Å². The molecule has 2 nitrogen and oxygen atoms in total. The minimum absolute atomic E-state index is 0.0604. The van der Waals surface area contributed by atoms with Crippen LogP contribution in [0.25, 0.3) is 0 Å². The molecule has 0 aliphatic heterocycles. The van der Waals surface area contributed by atoms with E-state index in [4.69, 9.17) is 0 Å². The molecule has 0 radical (unpaired) electrons. The molecule has 0 saturated heterocycles. The van der Waals surface area contributed by atoms with Gasteiger partial charge in [-0.1, -0.05) is 12.1 Å². The second-order valence-corrected chi connectivity index (χ2v) is 5.17. The van der Waals surface area contributed by atoms with E-state index in [0.29, 0.717) is 24.5 Å². The van der Waals surface area contributed by atoms with E-state index in [1.807, 2.05) is 0 Å². The smallest absolute Gasteiger partial charge is 0.235 e. The van der Waals surface area contributed by atoms with Crippen molar-refractivity contribution in [3.8, 4) is 0 Å². The Hall–Kier alpha value is -2.30. The molecule has 1 saturated carbocycles. The maximum absolute atomic E-state index is 13.6. The number of nitrogens with one attached hydrogen (secondary N) is 1. The monoisotopic (exact) mass is 291 g/mol. The first kappa shape index (κ1) is 13.7. The Balaban J connectivity index is 1.83. The Bertz CT molecular complexity index is 693. The van der Waals surface area contributed by atoms with E-state index in [9.17, 15) is 18.0 Å². The predicted octanol–water partition coefficient (Wildman–Crippen LogP) is 3.77. The molecule has 1 aliphatic rings. The van der Waals surface area contributed by atoms with E-state index in [1.54, 1.807) is 12.1 Å². The molecule has 0 unspecified atom stereocenters. The summed E-state index contributed by atoms with van der Waals surface area (Å²) in [7, 11) is 0.